The standard InChI is InChI=1S/C50H32N4/c51-33-34-18-20-37(21-19-34)38-22-24-39(25-23-38)45-30-46(43-27-26-36-12-7-8-15-41(36)28-43)32-47(31-45)50-53-48(40-13-5-2-6-14-40)52-49(54-50)44-17-9-16-42(29-44)35-10-3-1-4-11-35/h1-32H. The van der Waals surface area contributed by atoms with Crippen LogP contribution < -0.4 is 0 Å². The lowest BCUT2D eigenvalue weighted by Crippen LogP contribution is -2.00. The summed E-state index contributed by atoms with van der Waals surface area (Å²) in [6.45, 7) is 0. The Morgan fingerprint density at radius 1 is 0.278 bits per heavy atom. The van der Waals surface area contributed by atoms with Gasteiger partial charge in [-0.25, -0.2) is 15.0 Å². The normalized spacial score (nSPS) is 10.9. The molecule has 0 aliphatic heterocycles. The largest absolute Gasteiger partial charge is 0.208 e. The maximum Gasteiger partial charge on any atom is 0.164 e. The summed E-state index contributed by atoms with van der Waals surface area (Å²) in [6.07, 6.45) is 0. The Kier molecular flexibility index (Phi) is 8.57. The number of hydrogen-bond acceptors (Lipinski definition) is 4. The van der Waals surface area contributed by atoms with Crippen LogP contribution in [0.1, 0.15) is 5.56 Å². The number of fused-ring (bicyclic) bond motifs is 1. The van der Waals surface area contributed by atoms with Crippen molar-refractivity contribution in [1.82, 2.24) is 15.0 Å². The molecule has 4 nitrogen and oxygen atoms in total. The molecule has 4 heteroatoms. The van der Waals surface area contributed by atoms with E-state index in [0.29, 0.717) is 23.0 Å². The molecule has 0 bridgehead atoms. The third kappa shape index (κ3) is 6.66. The molecule has 9 rings (SSSR count). The van der Waals surface area contributed by atoms with Crippen LogP contribution in [0.15, 0.2) is 194 Å². The van der Waals surface area contributed by atoms with Crippen LogP contribution in [-0.4, -0.2) is 15.0 Å². The van der Waals surface area contributed by atoms with Crippen LogP contribution in [0.4, 0.5) is 0 Å². The Balaban J connectivity index is 1.21. The second kappa shape index (κ2) is 14.3. The first kappa shape index (κ1) is 32.4. The zero-order chi connectivity index (χ0) is 36.3. The summed E-state index contributed by atoms with van der Waals surface area (Å²) in [5, 5.41) is 11.6. The first-order valence-corrected chi connectivity index (χ1v) is 17.9. The monoisotopic (exact) mass is 688 g/mol. The molecule has 9 aromatic rings. The summed E-state index contributed by atoms with van der Waals surface area (Å²) in [4.78, 5) is 15.3. The van der Waals surface area contributed by atoms with Crippen LogP contribution in [0.25, 0.3) is 89.4 Å². The van der Waals surface area contributed by atoms with Crippen molar-refractivity contribution in [2.75, 3.05) is 0 Å². The first-order chi connectivity index (χ1) is 26.7. The summed E-state index contributed by atoms with van der Waals surface area (Å²) < 4.78 is 0. The minimum absolute atomic E-state index is 0.599. The van der Waals surface area contributed by atoms with E-state index >= 15 is 0 Å². The van der Waals surface area contributed by atoms with Gasteiger partial charge in [0, 0.05) is 16.7 Å². The number of aromatic nitrogens is 3. The van der Waals surface area contributed by atoms with Crippen molar-refractivity contribution < 1.29 is 0 Å². The quantitative estimate of drug-likeness (QED) is 0.167. The molecule has 0 aliphatic carbocycles. The van der Waals surface area contributed by atoms with Gasteiger partial charge in [0.2, 0.25) is 0 Å². The van der Waals surface area contributed by atoms with Crippen molar-refractivity contribution in [3.8, 4) is 84.7 Å². The highest BCUT2D eigenvalue weighted by Gasteiger charge is 2.16. The van der Waals surface area contributed by atoms with Gasteiger partial charge in [-0.1, -0.05) is 152 Å². The molecule has 0 unspecified atom stereocenters. The fourth-order valence-electron chi connectivity index (χ4n) is 6.87. The summed E-state index contributed by atoms with van der Waals surface area (Å²) in [6, 6.07) is 69.0. The van der Waals surface area contributed by atoms with Crippen molar-refractivity contribution in [1.29, 1.82) is 5.26 Å². The third-order valence-corrected chi connectivity index (χ3v) is 9.73. The van der Waals surface area contributed by atoms with Crippen molar-refractivity contribution in [2.45, 2.75) is 0 Å². The van der Waals surface area contributed by atoms with E-state index < -0.39 is 0 Å². The molecule has 252 valence electrons. The fraction of sp³-hybridized carbons (Fsp3) is 0. The average molecular weight is 689 g/mol. The van der Waals surface area contributed by atoms with Gasteiger partial charge in [-0.3, -0.25) is 0 Å². The minimum atomic E-state index is 0.599. The predicted octanol–water partition coefficient (Wildman–Crippen LogP) is 12.6. The van der Waals surface area contributed by atoms with Crippen LogP contribution in [-0.2, 0) is 0 Å². The Hall–Kier alpha value is -7.48. The number of nitriles is 1. The molecular weight excluding hydrogens is 657 g/mol. The molecule has 54 heavy (non-hydrogen) atoms. The average Bonchev–Trinajstić information content (AvgIpc) is 3.26. The van der Waals surface area contributed by atoms with Crippen LogP contribution in [0.5, 0.6) is 0 Å². The number of hydrogen-bond donors (Lipinski definition) is 0. The predicted molar refractivity (Wildman–Crippen MR) is 220 cm³/mol. The smallest absolute Gasteiger partial charge is 0.164 e. The van der Waals surface area contributed by atoms with E-state index in [4.69, 9.17) is 15.0 Å². The highest BCUT2D eigenvalue weighted by Crippen LogP contribution is 2.36. The fourth-order valence-corrected chi connectivity index (χ4v) is 6.87. The summed E-state index contributed by atoms with van der Waals surface area (Å²) in [5.41, 5.74) is 12.1. The van der Waals surface area contributed by atoms with Gasteiger partial charge in [-0.05, 0) is 97.7 Å². The topological polar surface area (TPSA) is 62.5 Å². The molecule has 0 saturated heterocycles. The molecule has 0 fully saturated rings. The van der Waals surface area contributed by atoms with Crippen LogP contribution >= 0.6 is 0 Å². The summed E-state index contributed by atoms with van der Waals surface area (Å²) >= 11 is 0. The van der Waals surface area contributed by atoms with Crippen LogP contribution in [0, 0.1) is 11.3 Å². The van der Waals surface area contributed by atoms with Gasteiger partial charge >= 0.3 is 0 Å². The molecule has 0 radical (unpaired) electrons. The van der Waals surface area contributed by atoms with Gasteiger partial charge < -0.3 is 0 Å². The van der Waals surface area contributed by atoms with E-state index in [0.717, 1.165) is 61.2 Å². The Labute approximate surface area is 314 Å². The van der Waals surface area contributed by atoms with Gasteiger partial charge in [0.1, 0.15) is 0 Å². The molecule has 8 aromatic carbocycles. The third-order valence-electron chi connectivity index (χ3n) is 9.73. The lowest BCUT2D eigenvalue weighted by atomic mass is 9.93. The summed E-state index contributed by atoms with van der Waals surface area (Å²) in [7, 11) is 0. The van der Waals surface area contributed by atoms with Gasteiger partial charge in [-0.15, -0.1) is 0 Å². The SMILES string of the molecule is N#Cc1ccc(-c2ccc(-c3cc(-c4ccc5ccccc5c4)cc(-c4nc(-c5ccccc5)nc(-c5cccc(-c6ccccc6)c5)n4)c3)cc2)cc1. The number of nitrogens with zero attached hydrogens (tertiary/aromatic N) is 4. The Morgan fingerprint density at radius 3 is 1.35 bits per heavy atom. The van der Waals surface area contributed by atoms with Crippen molar-refractivity contribution in [3.63, 3.8) is 0 Å². The van der Waals surface area contributed by atoms with Gasteiger partial charge in [0.15, 0.2) is 17.5 Å². The van der Waals surface area contributed by atoms with E-state index in [-0.39, 0.29) is 0 Å². The van der Waals surface area contributed by atoms with E-state index in [9.17, 15) is 5.26 Å². The lowest BCUT2D eigenvalue weighted by Gasteiger charge is -2.13. The van der Waals surface area contributed by atoms with E-state index in [1.807, 2.05) is 60.7 Å². The zero-order valence-electron chi connectivity index (χ0n) is 29.3. The molecule has 1 heterocycles. The highest BCUT2D eigenvalue weighted by molar-refractivity contribution is 5.89. The minimum Gasteiger partial charge on any atom is -0.208 e. The maximum absolute atomic E-state index is 9.26. The second-order valence-corrected chi connectivity index (χ2v) is 13.2. The van der Waals surface area contributed by atoms with E-state index in [2.05, 4.69) is 140 Å². The Morgan fingerprint density at radius 2 is 0.685 bits per heavy atom. The Bertz CT molecular complexity index is 2800. The van der Waals surface area contributed by atoms with E-state index in [1.54, 1.807) is 0 Å². The first-order valence-electron chi connectivity index (χ1n) is 17.9. The van der Waals surface area contributed by atoms with Crippen LogP contribution in [0.3, 0.4) is 0 Å². The number of rotatable bonds is 7. The van der Waals surface area contributed by atoms with Gasteiger partial charge in [0.25, 0.3) is 0 Å². The maximum atomic E-state index is 9.26. The molecule has 0 amide bonds. The molecular formula is C50H32N4. The van der Waals surface area contributed by atoms with Crippen molar-refractivity contribution in [3.05, 3.63) is 200 Å². The van der Waals surface area contributed by atoms with Crippen LogP contribution in [0.2, 0.25) is 0 Å². The van der Waals surface area contributed by atoms with Crippen molar-refractivity contribution >= 4 is 10.8 Å². The zero-order valence-corrected chi connectivity index (χ0v) is 29.3. The van der Waals surface area contributed by atoms with E-state index in [1.165, 1.54) is 10.8 Å². The lowest BCUT2D eigenvalue weighted by molar-refractivity contribution is 1.07. The highest BCUT2D eigenvalue weighted by atomic mass is 15.0. The van der Waals surface area contributed by atoms with Crippen molar-refractivity contribution in [2.24, 2.45) is 0 Å². The molecule has 0 spiro atoms. The summed E-state index contributed by atoms with van der Waals surface area (Å²) in [5.74, 6) is 1.83. The molecule has 0 N–H and O–H groups in total. The molecule has 0 aliphatic rings. The molecule has 1 aromatic heterocycles. The van der Waals surface area contributed by atoms with Gasteiger partial charge in [0.05, 0.1) is 11.6 Å². The number of benzene rings is 8. The van der Waals surface area contributed by atoms with Gasteiger partial charge in [-0.2, -0.15) is 5.26 Å². The second-order valence-electron chi connectivity index (χ2n) is 13.2. The molecule has 0 atom stereocenters. The molecule has 0 saturated carbocycles.